The summed E-state index contributed by atoms with van der Waals surface area (Å²) in [6.07, 6.45) is 3.83. The van der Waals surface area contributed by atoms with E-state index in [0.717, 1.165) is 0 Å². The molecule has 1 aliphatic heterocycles. The molecule has 2 aromatic rings. The highest BCUT2D eigenvalue weighted by Crippen LogP contribution is 2.36. The van der Waals surface area contributed by atoms with Crippen LogP contribution in [-0.2, 0) is 0 Å². The van der Waals surface area contributed by atoms with Crippen LogP contribution in [-0.4, -0.2) is 6.98 Å². The first-order valence-corrected chi connectivity index (χ1v) is 7.34. The Labute approximate surface area is 115 Å². The van der Waals surface area contributed by atoms with E-state index < -0.39 is 0 Å². The molecule has 0 saturated heterocycles. The SMILES string of the molecule is CCCC[C@@H](C)B1Nc2cccc3cccc(c23)N1. The van der Waals surface area contributed by atoms with Gasteiger partial charge in [0.25, 0.3) is 0 Å². The second kappa shape index (κ2) is 5.16. The van der Waals surface area contributed by atoms with Gasteiger partial charge in [-0.25, -0.2) is 0 Å². The molecular weight excluding hydrogens is 231 g/mol. The maximum Gasteiger partial charge on any atom is 0.373 e. The van der Waals surface area contributed by atoms with Crippen LogP contribution in [0.3, 0.4) is 0 Å². The summed E-state index contributed by atoms with van der Waals surface area (Å²) in [6.45, 7) is 4.92. The number of benzene rings is 2. The lowest BCUT2D eigenvalue weighted by molar-refractivity contribution is 0.691. The lowest BCUT2D eigenvalue weighted by atomic mass is 9.60. The topological polar surface area (TPSA) is 24.1 Å². The molecule has 0 spiro atoms. The van der Waals surface area contributed by atoms with Crippen molar-refractivity contribution in [1.82, 2.24) is 0 Å². The van der Waals surface area contributed by atoms with E-state index in [1.165, 1.54) is 41.4 Å². The molecule has 1 aliphatic rings. The number of unbranched alkanes of at least 4 members (excludes halogenated alkanes) is 1. The molecule has 1 atom stereocenters. The van der Waals surface area contributed by atoms with Crippen LogP contribution in [0.2, 0.25) is 5.82 Å². The molecule has 0 aliphatic carbocycles. The first-order valence-electron chi connectivity index (χ1n) is 7.34. The number of anilines is 2. The summed E-state index contributed by atoms with van der Waals surface area (Å²) in [6, 6.07) is 13.0. The minimum absolute atomic E-state index is 0.340. The van der Waals surface area contributed by atoms with Gasteiger partial charge in [0.05, 0.1) is 0 Å². The highest BCUT2D eigenvalue weighted by molar-refractivity contribution is 6.69. The Hall–Kier alpha value is -1.64. The predicted molar refractivity (Wildman–Crippen MR) is 85.9 cm³/mol. The van der Waals surface area contributed by atoms with Crippen molar-refractivity contribution in [2.45, 2.75) is 38.9 Å². The number of nitrogens with one attached hydrogen (secondary N) is 2. The maximum absolute atomic E-state index is 3.66. The standard InChI is InChI=1S/C16H21BN2/c1-3-4-7-12(2)17-18-14-10-5-8-13-9-6-11-15(19-17)16(13)14/h5-6,8-12,18-19H,3-4,7H2,1-2H3/t12-/m1/s1. The maximum atomic E-state index is 3.66. The molecule has 1 heterocycles. The zero-order chi connectivity index (χ0) is 13.2. The largest absolute Gasteiger partial charge is 0.409 e. The minimum atomic E-state index is 0.340. The van der Waals surface area contributed by atoms with Crippen molar-refractivity contribution in [2.75, 3.05) is 10.5 Å². The molecule has 3 rings (SSSR count). The van der Waals surface area contributed by atoms with E-state index in [0.29, 0.717) is 12.8 Å². The van der Waals surface area contributed by atoms with Crippen molar-refractivity contribution in [2.24, 2.45) is 0 Å². The zero-order valence-electron chi connectivity index (χ0n) is 11.7. The Balaban J connectivity index is 1.90. The van der Waals surface area contributed by atoms with E-state index in [1.54, 1.807) is 0 Å². The first-order chi connectivity index (χ1) is 9.29. The molecular formula is C16H21BN2. The summed E-state index contributed by atoms with van der Waals surface area (Å²) in [7, 11) is 0. The predicted octanol–water partition coefficient (Wildman–Crippen LogP) is 4.75. The average Bonchev–Trinajstić information content (AvgIpc) is 2.45. The lowest BCUT2D eigenvalue weighted by Gasteiger charge is -2.30. The highest BCUT2D eigenvalue weighted by atomic mass is 15.0. The Kier molecular flexibility index (Phi) is 3.37. The highest BCUT2D eigenvalue weighted by Gasteiger charge is 2.28. The van der Waals surface area contributed by atoms with Gasteiger partial charge in [0.1, 0.15) is 0 Å². The number of hydrogen-bond donors (Lipinski definition) is 2. The molecule has 0 bridgehead atoms. The van der Waals surface area contributed by atoms with Crippen LogP contribution in [0.15, 0.2) is 36.4 Å². The van der Waals surface area contributed by atoms with Crippen molar-refractivity contribution in [3.63, 3.8) is 0 Å². The van der Waals surface area contributed by atoms with Crippen LogP contribution < -0.4 is 10.5 Å². The fraction of sp³-hybridized carbons (Fsp3) is 0.375. The Morgan fingerprint density at radius 3 is 2.26 bits per heavy atom. The summed E-state index contributed by atoms with van der Waals surface area (Å²) < 4.78 is 0. The van der Waals surface area contributed by atoms with E-state index >= 15 is 0 Å². The van der Waals surface area contributed by atoms with Crippen molar-refractivity contribution >= 4 is 29.1 Å². The smallest absolute Gasteiger partial charge is 0.373 e. The van der Waals surface area contributed by atoms with Gasteiger partial charge in [-0.2, -0.15) is 0 Å². The molecule has 19 heavy (non-hydrogen) atoms. The number of rotatable bonds is 4. The third kappa shape index (κ3) is 2.29. The van der Waals surface area contributed by atoms with Crippen LogP contribution in [0.25, 0.3) is 10.8 Å². The molecule has 0 fully saturated rings. The van der Waals surface area contributed by atoms with Crippen molar-refractivity contribution < 1.29 is 0 Å². The summed E-state index contributed by atoms with van der Waals surface area (Å²) in [5, 5.41) is 9.94. The molecule has 2 aromatic carbocycles. The Morgan fingerprint density at radius 1 is 1.05 bits per heavy atom. The van der Waals surface area contributed by atoms with Gasteiger partial charge in [-0.3, -0.25) is 0 Å². The third-order valence-electron chi connectivity index (χ3n) is 4.11. The summed E-state index contributed by atoms with van der Waals surface area (Å²) >= 11 is 0. The van der Waals surface area contributed by atoms with Crippen molar-refractivity contribution in [1.29, 1.82) is 0 Å². The van der Waals surface area contributed by atoms with Gasteiger partial charge in [0.2, 0.25) is 0 Å². The third-order valence-corrected chi connectivity index (χ3v) is 4.11. The number of hydrogen-bond acceptors (Lipinski definition) is 2. The molecule has 0 aromatic heterocycles. The quantitative estimate of drug-likeness (QED) is 0.767. The summed E-state index contributed by atoms with van der Waals surface area (Å²) in [5.74, 6) is 0.628. The van der Waals surface area contributed by atoms with Crippen LogP contribution >= 0.6 is 0 Å². The summed E-state index contributed by atoms with van der Waals surface area (Å²) in [4.78, 5) is 0. The van der Waals surface area contributed by atoms with E-state index in [-0.39, 0.29) is 0 Å². The first kappa shape index (κ1) is 12.4. The van der Waals surface area contributed by atoms with Gasteiger partial charge in [-0.15, -0.1) is 0 Å². The second-order valence-corrected chi connectivity index (χ2v) is 5.60. The molecule has 0 saturated carbocycles. The molecule has 2 nitrogen and oxygen atoms in total. The van der Waals surface area contributed by atoms with Gasteiger partial charge >= 0.3 is 6.98 Å². The van der Waals surface area contributed by atoms with Crippen LogP contribution in [0.5, 0.6) is 0 Å². The van der Waals surface area contributed by atoms with Gasteiger partial charge in [-0.05, 0) is 23.3 Å². The molecule has 0 unspecified atom stereocenters. The van der Waals surface area contributed by atoms with Gasteiger partial charge in [-0.1, -0.05) is 57.4 Å². The molecule has 98 valence electrons. The fourth-order valence-electron chi connectivity index (χ4n) is 2.93. The van der Waals surface area contributed by atoms with Crippen molar-refractivity contribution in [3.05, 3.63) is 36.4 Å². The van der Waals surface area contributed by atoms with Crippen LogP contribution in [0.1, 0.15) is 33.1 Å². The Morgan fingerprint density at radius 2 is 1.68 bits per heavy atom. The second-order valence-electron chi connectivity index (χ2n) is 5.60. The monoisotopic (exact) mass is 252 g/mol. The fourth-order valence-corrected chi connectivity index (χ4v) is 2.93. The lowest BCUT2D eigenvalue weighted by Crippen LogP contribution is -2.40. The van der Waals surface area contributed by atoms with E-state index in [1.807, 2.05) is 0 Å². The molecule has 3 heteroatoms. The molecule has 2 N–H and O–H groups in total. The zero-order valence-corrected chi connectivity index (χ0v) is 11.7. The van der Waals surface area contributed by atoms with Crippen LogP contribution in [0, 0.1) is 0 Å². The molecule has 0 amide bonds. The molecule has 0 radical (unpaired) electrons. The van der Waals surface area contributed by atoms with Gasteiger partial charge in [0, 0.05) is 16.8 Å². The Bertz CT molecular complexity index is 541. The van der Waals surface area contributed by atoms with Gasteiger partial charge in [0.15, 0.2) is 0 Å². The normalized spacial score (nSPS) is 14.9. The minimum Gasteiger partial charge on any atom is -0.409 e. The van der Waals surface area contributed by atoms with E-state index in [4.69, 9.17) is 0 Å². The van der Waals surface area contributed by atoms with E-state index in [2.05, 4.69) is 60.7 Å². The average molecular weight is 252 g/mol. The van der Waals surface area contributed by atoms with E-state index in [9.17, 15) is 0 Å². The summed E-state index contributed by atoms with van der Waals surface area (Å²) in [5.41, 5.74) is 2.53. The van der Waals surface area contributed by atoms with Crippen molar-refractivity contribution in [3.8, 4) is 0 Å². The van der Waals surface area contributed by atoms with Gasteiger partial charge < -0.3 is 10.5 Å². The van der Waals surface area contributed by atoms with Crippen LogP contribution in [0.4, 0.5) is 11.4 Å².